The summed E-state index contributed by atoms with van der Waals surface area (Å²) < 4.78 is 7.25. The summed E-state index contributed by atoms with van der Waals surface area (Å²) in [5.74, 6) is 0. The molecule has 1 amide bonds. The molecule has 2 heterocycles. The monoisotopic (exact) mass is 259 g/mol. The molecule has 3 rings (SSSR count). The van der Waals surface area contributed by atoms with Crippen LogP contribution in [-0.2, 0) is 18.3 Å². The second-order valence-corrected chi connectivity index (χ2v) is 4.90. The van der Waals surface area contributed by atoms with Gasteiger partial charge in [-0.1, -0.05) is 18.2 Å². The Bertz CT molecular complexity index is 620. The molecule has 0 spiro atoms. The van der Waals surface area contributed by atoms with E-state index in [4.69, 9.17) is 10.5 Å². The molecular formula is C14H17N3O2. The Morgan fingerprint density at radius 1 is 1.42 bits per heavy atom. The van der Waals surface area contributed by atoms with Gasteiger partial charge in [-0.3, -0.25) is 0 Å². The van der Waals surface area contributed by atoms with Crippen molar-refractivity contribution in [2.45, 2.75) is 12.6 Å². The third-order valence-corrected chi connectivity index (χ3v) is 3.55. The quantitative estimate of drug-likeness (QED) is 0.907. The van der Waals surface area contributed by atoms with Gasteiger partial charge in [0, 0.05) is 30.7 Å². The number of carbonyl (C=O) groups excluding carboxylic acids is 1. The number of nitrogens with two attached hydrogens (primary N) is 1. The molecule has 1 fully saturated rings. The summed E-state index contributed by atoms with van der Waals surface area (Å²) in [6.45, 7) is 1.51. The van der Waals surface area contributed by atoms with E-state index in [1.807, 2.05) is 19.2 Å². The molecule has 1 aliphatic rings. The number of ether oxygens (including phenoxy) is 1. The van der Waals surface area contributed by atoms with E-state index >= 15 is 0 Å². The van der Waals surface area contributed by atoms with E-state index in [1.165, 1.54) is 10.9 Å². The van der Waals surface area contributed by atoms with Crippen LogP contribution < -0.4 is 5.73 Å². The van der Waals surface area contributed by atoms with Gasteiger partial charge in [-0.25, -0.2) is 4.79 Å². The first-order valence-corrected chi connectivity index (χ1v) is 6.37. The smallest absolute Gasteiger partial charge is 0.410 e. The van der Waals surface area contributed by atoms with Crippen LogP contribution in [0.15, 0.2) is 30.5 Å². The number of carbonyl (C=O) groups is 1. The van der Waals surface area contributed by atoms with E-state index in [1.54, 1.807) is 4.90 Å². The van der Waals surface area contributed by atoms with Crippen molar-refractivity contribution in [3.63, 3.8) is 0 Å². The van der Waals surface area contributed by atoms with Gasteiger partial charge in [0.1, 0.15) is 6.10 Å². The number of nitrogens with zero attached hydrogens (tertiary/aromatic N) is 2. The molecule has 1 aromatic heterocycles. The van der Waals surface area contributed by atoms with Gasteiger partial charge < -0.3 is 19.9 Å². The number of cyclic esters (lactones) is 1. The van der Waals surface area contributed by atoms with Crippen molar-refractivity contribution in [1.29, 1.82) is 0 Å². The minimum absolute atomic E-state index is 0.178. The Labute approximate surface area is 111 Å². The molecular weight excluding hydrogens is 242 g/mol. The number of hydrogen-bond acceptors (Lipinski definition) is 3. The first kappa shape index (κ1) is 12.0. The number of aromatic nitrogens is 1. The van der Waals surface area contributed by atoms with Gasteiger partial charge in [0.05, 0.1) is 13.1 Å². The van der Waals surface area contributed by atoms with Gasteiger partial charge in [0.25, 0.3) is 0 Å². The highest BCUT2D eigenvalue weighted by Crippen LogP contribution is 2.23. The standard InChI is InChI=1S/C14H17N3O2/c1-16-7-10(12-4-2-3-5-13(12)16)8-17-9-11(6-15)19-14(17)18/h2-5,7,11H,6,8-9,15H2,1H3. The van der Waals surface area contributed by atoms with Crippen LogP contribution in [0.4, 0.5) is 4.79 Å². The number of amides is 1. The van der Waals surface area contributed by atoms with Crippen molar-refractivity contribution in [1.82, 2.24) is 9.47 Å². The van der Waals surface area contributed by atoms with Gasteiger partial charge in [-0.2, -0.15) is 0 Å². The van der Waals surface area contributed by atoms with Gasteiger partial charge in [-0.15, -0.1) is 0 Å². The highest BCUT2D eigenvalue weighted by Gasteiger charge is 2.30. The van der Waals surface area contributed by atoms with Crippen LogP contribution in [0.5, 0.6) is 0 Å². The Hall–Kier alpha value is -2.01. The molecule has 0 radical (unpaired) electrons. The normalized spacial score (nSPS) is 19.2. The molecule has 5 nitrogen and oxygen atoms in total. The Morgan fingerprint density at radius 3 is 2.95 bits per heavy atom. The molecule has 19 heavy (non-hydrogen) atoms. The van der Waals surface area contributed by atoms with Crippen molar-refractivity contribution >= 4 is 17.0 Å². The minimum Gasteiger partial charge on any atom is -0.443 e. The average molecular weight is 259 g/mol. The van der Waals surface area contributed by atoms with Gasteiger partial charge in [0.2, 0.25) is 0 Å². The highest BCUT2D eigenvalue weighted by molar-refractivity contribution is 5.84. The summed E-state index contributed by atoms with van der Waals surface area (Å²) in [6, 6.07) is 8.17. The van der Waals surface area contributed by atoms with Gasteiger partial charge in [0.15, 0.2) is 0 Å². The number of para-hydroxylation sites is 1. The molecule has 0 aliphatic carbocycles. The Balaban J connectivity index is 1.88. The van der Waals surface area contributed by atoms with Crippen molar-refractivity contribution in [2.75, 3.05) is 13.1 Å². The fraction of sp³-hybridized carbons (Fsp3) is 0.357. The molecule has 0 bridgehead atoms. The SMILES string of the molecule is Cn1cc(CN2CC(CN)OC2=O)c2ccccc21. The van der Waals surface area contributed by atoms with Crippen LogP contribution in [0.3, 0.4) is 0 Å². The maximum absolute atomic E-state index is 11.7. The molecule has 2 aromatic rings. The molecule has 0 saturated carbocycles. The van der Waals surface area contributed by atoms with E-state index in [0.29, 0.717) is 19.6 Å². The van der Waals surface area contributed by atoms with E-state index in [9.17, 15) is 4.79 Å². The summed E-state index contributed by atoms with van der Waals surface area (Å²) in [6.07, 6.45) is 1.61. The average Bonchev–Trinajstić information content (AvgIpc) is 2.93. The fourth-order valence-corrected chi connectivity index (χ4v) is 2.58. The largest absolute Gasteiger partial charge is 0.443 e. The number of hydrogen-bond donors (Lipinski definition) is 1. The molecule has 5 heteroatoms. The van der Waals surface area contributed by atoms with Crippen molar-refractivity contribution in [3.05, 3.63) is 36.0 Å². The molecule has 100 valence electrons. The number of aryl methyl sites for hydroxylation is 1. The van der Waals surface area contributed by atoms with E-state index in [-0.39, 0.29) is 12.2 Å². The number of rotatable bonds is 3. The second-order valence-electron chi connectivity index (χ2n) is 4.90. The maximum atomic E-state index is 11.7. The predicted octanol–water partition coefficient (Wildman–Crippen LogP) is 1.46. The minimum atomic E-state index is -0.275. The zero-order valence-electron chi connectivity index (χ0n) is 10.9. The van der Waals surface area contributed by atoms with Crippen LogP contribution >= 0.6 is 0 Å². The molecule has 1 saturated heterocycles. The topological polar surface area (TPSA) is 60.5 Å². The third kappa shape index (κ3) is 2.06. The summed E-state index contributed by atoms with van der Waals surface area (Å²) in [7, 11) is 2.01. The first-order chi connectivity index (χ1) is 9.19. The maximum Gasteiger partial charge on any atom is 0.410 e. The van der Waals surface area contributed by atoms with Crippen LogP contribution in [0, 0.1) is 0 Å². The molecule has 2 N–H and O–H groups in total. The summed E-state index contributed by atoms with van der Waals surface area (Å²) in [4.78, 5) is 13.4. The van der Waals surface area contributed by atoms with Crippen molar-refractivity contribution in [2.24, 2.45) is 12.8 Å². The van der Waals surface area contributed by atoms with E-state index in [0.717, 1.165) is 5.56 Å². The summed E-state index contributed by atoms with van der Waals surface area (Å²) >= 11 is 0. The Morgan fingerprint density at radius 2 is 2.21 bits per heavy atom. The van der Waals surface area contributed by atoms with Crippen LogP contribution in [0.2, 0.25) is 0 Å². The van der Waals surface area contributed by atoms with E-state index in [2.05, 4.69) is 22.9 Å². The van der Waals surface area contributed by atoms with Gasteiger partial charge >= 0.3 is 6.09 Å². The zero-order chi connectivity index (χ0) is 13.4. The lowest BCUT2D eigenvalue weighted by molar-refractivity contribution is 0.134. The predicted molar refractivity (Wildman–Crippen MR) is 72.7 cm³/mol. The summed E-state index contributed by atoms with van der Waals surface area (Å²) in [5, 5.41) is 1.17. The van der Waals surface area contributed by atoms with Crippen LogP contribution in [0.25, 0.3) is 10.9 Å². The zero-order valence-corrected chi connectivity index (χ0v) is 10.9. The lowest BCUT2D eigenvalue weighted by atomic mass is 10.1. The van der Waals surface area contributed by atoms with Crippen LogP contribution in [-0.4, -0.2) is 34.8 Å². The second kappa shape index (κ2) is 4.59. The molecule has 1 aromatic carbocycles. The molecule has 1 atom stereocenters. The molecule has 1 aliphatic heterocycles. The third-order valence-electron chi connectivity index (χ3n) is 3.55. The van der Waals surface area contributed by atoms with Crippen molar-refractivity contribution < 1.29 is 9.53 Å². The Kier molecular flexibility index (Phi) is 2.91. The fourth-order valence-electron chi connectivity index (χ4n) is 2.58. The lowest BCUT2D eigenvalue weighted by Gasteiger charge is -2.11. The van der Waals surface area contributed by atoms with E-state index < -0.39 is 0 Å². The summed E-state index contributed by atoms with van der Waals surface area (Å²) in [5.41, 5.74) is 7.84. The number of fused-ring (bicyclic) bond motifs is 1. The number of benzene rings is 1. The van der Waals surface area contributed by atoms with Crippen molar-refractivity contribution in [3.8, 4) is 0 Å². The first-order valence-electron chi connectivity index (χ1n) is 6.37. The van der Waals surface area contributed by atoms with Crippen LogP contribution in [0.1, 0.15) is 5.56 Å². The highest BCUT2D eigenvalue weighted by atomic mass is 16.6. The lowest BCUT2D eigenvalue weighted by Crippen LogP contribution is -2.27. The molecule has 1 unspecified atom stereocenters. The van der Waals surface area contributed by atoms with Gasteiger partial charge in [-0.05, 0) is 11.6 Å².